The van der Waals surface area contributed by atoms with Gasteiger partial charge in [0.1, 0.15) is 5.82 Å². The molecule has 2 N–H and O–H groups in total. The van der Waals surface area contributed by atoms with E-state index in [1.807, 2.05) is 4.90 Å². The largest absolute Gasteiger partial charge is 0.382 e. The van der Waals surface area contributed by atoms with Crippen LogP contribution in [0.4, 0.5) is 5.82 Å². The van der Waals surface area contributed by atoms with E-state index >= 15 is 0 Å². The molecule has 1 aliphatic carbocycles. The van der Waals surface area contributed by atoms with Gasteiger partial charge in [-0.1, -0.05) is 18.0 Å². The average Bonchev–Trinajstić information content (AvgIpc) is 2.89. The number of likely N-dealkylation sites (tertiary alicyclic amines) is 1. The summed E-state index contributed by atoms with van der Waals surface area (Å²) in [7, 11) is 0. The molecule has 1 aromatic rings. The van der Waals surface area contributed by atoms with Crippen LogP contribution < -0.4 is 5.73 Å². The fourth-order valence-electron chi connectivity index (χ4n) is 3.44. The van der Waals surface area contributed by atoms with Crippen molar-refractivity contribution in [3.05, 3.63) is 22.8 Å². The second-order valence-electron chi connectivity index (χ2n) is 5.49. The van der Waals surface area contributed by atoms with E-state index in [0.29, 0.717) is 22.5 Å². The topological polar surface area (TPSA) is 59.2 Å². The van der Waals surface area contributed by atoms with Crippen molar-refractivity contribution in [3.8, 4) is 0 Å². The van der Waals surface area contributed by atoms with Gasteiger partial charge in [-0.25, -0.2) is 4.98 Å². The van der Waals surface area contributed by atoms with Crippen LogP contribution in [-0.4, -0.2) is 28.4 Å². The lowest BCUT2D eigenvalue weighted by Gasteiger charge is -2.37. The number of nitrogens with two attached hydrogens (primary N) is 1. The van der Waals surface area contributed by atoms with Crippen LogP contribution in [0.2, 0.25) is 5.02 Å². The summed E-state index contributed by atoms with van der Waals surface area (Å²) in [6.07, 6.45) is 7.52. The van der Waals surface area contributed by atoms with Crippen LogP contribution in [0, 0.1) is 5.92 Å². The van der Waals surface area contributed by atoms with E-state index in [4.69, 9.17) is 17.3 Å². The minimum atomic E-state index is 0.0472. The lowest BCUT2D eigenvalue weighted by Crippen LogP contribution is -2.46. The Hall–Kier alpha value is -1.29. The van der Waals surface area contributed by atoms with E-state index in [0.717, 1.165) is 19.4 Å². The van der Waals surface area contributed by atoms with Crippen LogP contribution >= 0.6 is 11.6 Å². The number of pyridine rings is 1. The molecular formula is C14H18ClN3O. The van der Waals surface area contributed by atoms with Gasteiger partial charge in [-0.05, 0) is 37.7 Å². The molecule has 0 bridgehead atoms. The summed E-state index contributed by atoms with van der Waals surface area (Å²) in [6, 6.07) is 2.04. The second kappa shape index (κ2) is 5.00. The molecule has 0 aromatic carbocycles. The molecule has 1 amide bonds. The molecule has 0 spiro atoms. The van der Waals surface area contributed by atoms with Crippen LogP contribution in [0.15, 0.2) is 12.3 Å². The molecule has 2 unspecified atom stereocenters. The molecule has 19 heavy (non-hydrogen) atoms. The minimum absolute atomic E-state index is 0.0472. The predicted octanol–water partition coefficient (Wildman–Crippen LogP) is 2.72. The number of amides is 1. The third-order valence-corrected chi connectivity index (χ3v) is 4.67. The molecular weight excluding hydrogens is 262 g/mol. The number of carbonyl (C=O) groups is 1. The summed E-state index contributed by atoms with van der Waals surface area (Å²) in [5.74, 6) is 1.01. The number of aromatic nitrogens is 1. The Bertz CT molecular complexity index is 505. The van der Waals surface area contributed by atoms with Crippen LogP contribution in [0.1, 0.15) is 42.5 Å². The number of rotatable bonds is 1. The van der Waals surface area contributed by atoms with Crippen LogP contribution in [-0.2, 0) is 0 Å². The highest BCUT2D eigenvalue weighted by atomic mass is 35.5. The summed E-state index contributed by atoms with van der Waals surface area (Å²) in [6.45, 7) is 0.849. The molecule has 0 radical (unpaired) electrons. The molecule has 5 heteroatoms. The Morgan fingerprint density at radius 3 is 2.95 bits per heavy atom. The molecule has 2 atom stereocenters. The van der Waals surface area contributed by atoms with E-state index < -0.39 is 0 Å². The van der Waals surface area contributed by atoms with Crippen molar-refractivity contribution in [2.24, 2.45) is 5.92 Å². The maximum atomic E-state index is 12.6. The molecule has 1 saturated carbocycles. The Labute approximate surface area is 117 Å². The molecule has 1 aliphatic heterocycles. The van der Waals surface area contributed by atoms with Gasteiger partial charge in [-0.3, -0.25) is 4.79 Å². The number of hydrogen-bond acceptors (Lipinski definition) is 3. The summed E-state index contributed by atoms with van der Waals surface area (Å²) in [5.41, 5.74) is 6.13. The zero-order valence-corrected chi connectivity index (χ0v) is 11.6. The van der Waals surface area contributed by atoms with Crippen molar-refractivity contribution < 1.29 is 4.79 Å². The van der Waals surface area contributed by atoms with E-state index in [9.17, 15) is 4.79 Å². The van der Waals surface area contributed by atoms with Gasteiger partial charge in [0, 0.05) is 18.8 Å². The number of carbonyl (C=O) groups excluding carboxylic acids is 1. The van der Waals surface area contributed by atoms with E-state index in [1.165, 1.54) is 25.5 Å². The minimum Gasteiger partial charge on any atom is -0.382 e. The monoisotopic (exact) mass is 279 g/mol. The SMILES string of the molecule is Nc1ncc(C(=O)N2CCCC3CCCC32)cc1Cl. The quantitative estimate of drug-likeness (QED) is 0.860. The molecule has 1 aromatic heterocycles. The van der Waals surface area contributed by atoms with Crippen molar-refractivity contribution in [1.29, 1.82) is 0 Å². The number of hydrogen-bond donors (Lipinski definition) is 1. The van der Waals surface area contributed by atoms with Gasteiger partial charge in [0.25, 0.3) is 5.91 Å². The van der Waals surface area contributed by atoms with E-state index in [1.54, 1.807) is 6.07 Å². The summed E-state index contributed by atoms with van der Waals surface area (Å²) in [4.78, 5) is 18.6. The Morgan fingerprint density at radius 1 is 1.37 bits per heavy atom. The molecule has 4 nitrogen and oxygen atoms in total. The van der Waals surface area contributed by atoms with Gasteiger partial charge < -0.3 is 10.6 Å². The van der Waals surface area contributed by atoms with Gasteiger partial charge in [0.05, 0.1) is 10.6 Å². The lowest BCUT2D eigenvalue weighted by atomic mass is 9.91. The third-order valence-electron chi connectivity index (χ3n) is 4.37. The number of fused-ring (bicyclic) bond motifs is 1. The first-order chi connectivity index (χ1) is 9.16. The third kappa shape index (κ3) is 2.29. The van der Waals surface area contributed by atoms with Gasteiger partial charge in [-0.2, -0.15) is 0 Å². The van der Waals surface area contributed by atoms with Gasteiger partial charge >= 0.3 is 0 Å². The maximum absolute atomic E-state index is 12.6. The molecule has 2 aliphatic rings. The predicted molar refractivity (Wildman–Crippen MR) is 75.1 cm³/mol. The fourth-order valence-corrected chi connectivity index (χ4v) is 3.60. The summed E-state index contributed by atoms with van der Waals surface area (Å²) >= 11 is 5.95. The zero-order chi connectivity index (χ0) is 13.4. The fraction of sp³-hybridized carbons (Fsp3) is 0.571. The number of nitrogen functional groups attached to an aromatic ring is 1. The lowest BCUT2D eigenvalue weighted by molar-refractivity contribution is 0.0548. The number of anilines is 1. The van der Waals surface area contributed by atoms with E-state index in [-0.39, 0.29) is 11.7 Å². The first-order valence-corrected chi connectivity index (χ1v) is 7.26. The smallest absolute Gasteiger partial charge is 0.255 e. The maximum Gasteiger partial charge on any atom is 0.255 e. The Morgan fingerprint density at radius 2 is 2.16 bits per heavy atom. The highest BCUT2D eigenvalue weighted by Gasteiger charge is 2.37. The van der Waals surface area contributed by atoms with Crippen molar-refractivity contribution in [3.63, 3.8) is 0 Å². The highest BCUT2D eigenvalue weighted by Crippen LogP contribution is 2.37. The van der Waals surface area contributed by atoms with Crippen LogP contribution in [0.5, 0.6) is 0 Å². The molecule has 1 saturated heterocycles. The van der Waals surface area contributed by atoms with Gasteiger partial charge in [0.15, 0.2) is 0 Å². The molecule has 2 fully saturated rings. The normalized spacial score (nSPS) is 26.3. The van der Waals surface area contributed by atoms with Crippen molar-refractivity contribution in [2.45, 2.75) is 38.1 Å². The standard InChI is InChI=1S/C14H18ClN3O/c15-11-7-10(8-17-13(11)16)14(19)18-6-2-4-9-3-1-5-12(9)18/h7-9,12H,1-6H2,(H2,16,17). The van der Waals surface area contributed by atoms with E-state index in [2.05, 4.69) is 4.98 Å². The highest BCUT2D eigenvalue weighted by molar-refractivity contribution is 6.33. The zero-order valence-electron chi connectivity index (χ0n) is 10.8. The van der Waals surface area contributed by atoms with Crippen molar-refractivity contribution in [2.75, 3.05) is 12.3 Å². The molecule has 102 valence electrons. The first-order valence-electron chi connectivity index (χ1n) is 6.89. The summed E-state index contributed by atoms with van der Waals surface area (Å²) in [5, 5.41) is 0.353. The summed E-state index contributed by atoms with van der Waals surface area (Å²) < 4.78 is 0. The Kier molecular flexibility index (Phi) is 3.35. The van der Waals surface area contributed by atoms with Crippen molar-refractivity contribution in [1.82, 2.24) is 9.88 Å². The molecule has 2 heterocycles. The number of halogens is 1. The van der Waals surface area contributed by atoms with Gasteiger partial charge in [0.2, 0.25) is 0 Å². The van der Waals surface area contributed by atoms with Crippen molar-refractivity contribution >= 4 is 23.3 Å². The van der Waals surface area contributed by atoms with Gasteiger partial charge in [-0.15, -0.1) is 0 Å². The second-order valence-corrected chi connectivity index (χ2v) is 5.90. The number of nitrogens with zero attached hydrogens (tertiary/aromatic N) is 2. The average molecular weight is 280 g/mol. The Balaban J connectivity index is 1.84. The number of piperidine rings is 1. The first kappa shape index (κ1) is 12.7. The van der Waals surface area contributed by atoms with Crippen LogP contribution in [0.25, 0.3) is 0 Å². The molecule has 3 rings (SSSR count). The van der Waals surface area contributed by atoms with Crippen LogP contribution in [0.3, 0.4) is 0 Å².